The van der Waals surface area contributed by atoms with Crippen molar-refractivity contribution in [2.24, 2.45) is 4.99 Å². The first-order chi connectivity index (χ1) is 10.2. The molecule has 0 aliphatic rings. The average Bonchev–Trinajstić information content (AvgIpc) is 2.87. The van der Waals surface area contributed by atoms with Crippen molar-refractivity contribution in [1.82, 2.24) is 4.57 Å². The zero-order valence-corrected chi connectivity index (χ0v) is 11.7. The van der Waals surface area contributed by atoms with E-state index in [1.165, 1.54) is 12.1 Å². The second-order valence-corrected chi connectivity index (χ2v) is 4.86. The Morgan fingerprint density at radius 1 is 1.00 bits per heavy atom. The van der Waals surface area contributed by atoms with E-state index in [0.29, 0.717) is 5.69 Å². The molecule has 21 heavy (non-hydrogen) atoms. The van der Waals surface area contributed by atoms with Crippen molar-refractivity contribution in [3.05, 3.63) is 83.9 Å². The summed E-state index contributed by atoms with van der Waals surface area (Å²) in [6.07, 6.45) is 3.77. The normalized spacial score (nSPS) is 11.1. The van der Waals surface area contributed by atoms with E-state index < -0.39 is 0 Å². The summed E-state index contributed by atoms with van der Waals surface area (Å²) < 4.78 is 15.2. The standard InChI is InChI=1S/C18H15FN2/c1-14-10-15(12-20-17-7-5-6-16(19)11-17)13-21(14)18-8-3-2-4-9-18/h2-13H,1H3. The summed E-state index contributed by atoms with van der Waals surface area (Å²) in [5.74, 6) is -0.275. The first kappa shape index (κ1) is 13.3. The number of para-hydroxylation sites is 1. The monoisotopic (exact) mass is 278 g/mol. The van der Waals surface area contributed by atoms with Crippen LogP contribution in [-0.4, -0.2) is 10.8 Å². The highest BCUT2D eigenvalue weighted by Gasteiger charge is 2.02. The molecule has 0 aliphatic carbocycles. The van der Waals surface area contributed by atoms with Crippen molar-refractivity contribution in [2.75, 3.05) is 0 Å². The maximum absolute atomic E-state index is 13.1. The van der Waals surface area contributed by atoms with Crippen LogP contribution in [0.15, 0.2) is 71.9 Å². The molecular formula is C18H15FN2. The second-order valence-electron chi connectivity index (χ2n) is 4.86. The molecule has 3 aromatic rings. The van der Waals surface area contributed by atoms with Gasteiger partial charge in [-0.25, -0.2) is 4.39 Å². The molecule has 0 unspecified atom stereocenters. The van der Waals surface area contributed by atoms with Crippen LogP contribution in [0.5, 0.6) is 0 Å². The largest absolute Gasteiger partial charge is 0.321 e. The predicted molar refractivity (Wildman–Crippen MR) is 84.2 cm³/mol. The number of aromatic nitrogens is 1. The van der Waals surface area contributed by atoms with Gasteiger partial charge < -0.3 is 4.57 Å². The summed E-state index contributed by atoms with van der Waals surface area (Å²) in [6.45, 7) is 2.05. The van der Waals surface area contributed by atoms with E-state index in [0.717, 1.165) is 16.9 Å². The lowest BCUT2D eigenvalue weighted by molar-refractivity contribution is 0.628. The van der Waals surface area contributed by atoms with Crippen molar-refractivity contribution in [3.63, 3.8) is 0 Å². The Balaban J connectivity index is 1.88. The van der Waals surface area contributed by atoms with E-state index in [9.17, 15) is 4.39 Å². The number of hydrogen-bond donors (Lipinski definition) is 0. The van der Waals surface area contributed by atoms with Crippen molar-refractivity contribution < 1.29 is 4.39 Å². The SMILES string of the molecule is Cc1cc(C=Nc2cccc(F)c2)cn1-c1ccccc1. The molecule has 1 heterocycles. The van der Waals surface area contributed by atoms with Crippen LogP contribution in [0, 0.1) is 12.7 Å². The van der Waals surface area contributed by atoms with E-state index in [2.05, 4.69) is 27.8 Å². The number of aryl methyl sites for hydroxylation is 1. The Hall–Kier alpha value is -2.68. The summed E-state index contributed by atoms with van der Waals surface area (Å²) in [5, 5.41) is 0. The molecule has 0 spiro atoms. The van der Waals surface area contributed by atoms with Crippen LogP contribution in [0.3, 0.4) is 0 Å². The molecule has 0 amide bonds. The van der Waals surface area contributed by atoms with Crippen LogP contribution in [0.2, 0.25) is 0 Å². The van der Waals surface area contributed by atoms with Crippen LogP contribution < -0.4 is 0 Å². The fourth-order valence-corrected chi connectivity index (χ4v) is 2.24. The molecule has 0 bridgehead atoms. The van der Waals surface area contributed by atoms with Gasteiger partial charge in [0.1, 0.15) is 5.82 Å². The maximum atomic E-state index is 13.1. The van der Waals surface area contributed by atoms with E-state index in [1.807, 2.05) is 31.3 Å². The Labute approximate surface area is 123 Å². The van der Waals surface area contributed by atoms with Crippen molar-refractivity contribution >= 4 is 11.9 Å². The van der Waals surface area contributed by atoms with Gasteiger partial charge in [0.05, 0.1) is 5.69 Å². The maximum Gasteiger partial charge on any atom is 0.125 e. The van der Waals surface area contributed by atoms with Crippen molar-refractivity contribution in [3.8, 4) is 5.69 Å². The zero-order chi connectivity index (χ0) is 14.7. The first-order valence-corrected chi connectivity index (χ1v) is 6.76. The molecular weight excluding hydrogens is 263 g/mol. The van der Waals surface area contributed by atoms with Gasteiger partial charge >= 0.3 is 0 Å². The van der Waals surface area contributed by atoms with Gasteiger partial charge in [0.2, 0.25) is 0 Å². The quantitative estimate of drug-likeness (QED) is 0.619. The molecule has 0 saturated carbocycles. The zero-order valence-electron chi connectivity index (χ0n) is 11.7. The molecule has 104 valence electrons. The number of benzene rings is 2. The molecule has 0 atom stereocenters. The van der Waals surface area contributed by atoms with E-state index in [1.54, 1.807) is 18.3 Å². The van der Waals surface area contributed by atoms with Gasteiger partial charge in [-0.1, -0.05) is 24.3 Å². The van der Waals surface area contributed by atoms with Gasteiger partial charge in [0.15, 0.2) is 0 Å². The van der Waals surface area contributed by atoms with Gasteiger partial charge in [-0.15, -0.1) is 0 Å². The lowest BCUT2D eigenvalue weighted by Crippen LogP contribution is -1.93. The van der Waals surface area contributed by atoms with E-state index >= 15 is 0 Å². The van der Waals surface area contributed by atoms with Crippen molar-refractivity contribution in [1.29, 1.82) is 0 Å². The second kappa shape index (κ2) is 5.75. The third-order valence-corrected chi connectivity index (χ3v) is 3.24. The Kier molecular flexibility index (Phi) is 3.65. The Bertz CT molecular complexity index is 773. The highest BCUT2D eigenvalue weighted by atomic mass is 19.1. The van der Waals surface area contributed by atoms with Crippen LogP contribution in [-0.2, 0) is 0 Å². The summed E-state index contributed by atoms with van der Waals surface area (Å²) in [7, 11) is 0. The number of halogens is 1. The lowest BCUT2D eigenvalue weighted by Gasteiger charge is -2.04. The van der Waals surface area contributed by atoms with Gasteiger partial charge in [0.25, 0.3) is 0 Å². The molecule has 2 nitrogen and oxygen atoms in total. The number of nitrogens with zero attached hydrogens (tertiary/aromatic N) is 2. The van der Waals surface area contributed by atoms with E-state index in [-0.39, 0.29) is 5.82 Å². The summed E-state index contributed by atoms with van der Waals surface area (Å²) >= 11 is 0. The minimum atomic E-state index is -0.275. The average molecular weight is 278 g/mol. The molecule has 0 N–H and O–H groups in total. The molecule has 0 radical (unpaired) electrons. The smallest absolute Gasteiger partial charge is 0.125 e. The van der Waals surface area contributed by atoms with Crippen LogP contribution in [0.4, 0.5) is 10.1 Å². The fraction of sp³-hybridized carbons (Fsp3) is 0.0556. The lowest BCUT2D eigenvalue weighted by atomic mass is 10.3. The van der Waals surface area contributed by atoms with Gasteiger partial charge in [-0.2, -0.15) is 0 Å². The molecule has 0 fully saturated rings. The molecule has 1 aromatic heterocycles. The minimum Gasteiger partial charge on any atom is -0.321 e. The van der Waals surface area contributed by atoms with Gasteiger partial charge in [0, 0.05) is 29.4 Å². The van der Waals surface area contributed by atoms with Crippen LogP contribution >= 0.6 is 0 Å². The summed E-state index contributed by atoms with van der Waals surface area (Å²) in [4.78, 5) is 4.31. The predicted octanol–water partition coefficient (Wildman–Crippen LogP) is 4.68. The number of hydrogen-bond acceptors (Lipinski definition) is 1. The minimum absolute atomic E-state index is 0.275. The van der Waals surface area contributed by atoms with Gasteiger partial charge in [-0.3, -0.25) is 4.99 Å². The molecule has 3 rings (SSSR count). The molecule has 2 aromatic carbocycles. The van der Waals surface area contributed by atoms with Crippen molar-refractivity contribution in [2.45, 2.75) is 6.92 Å². The van der Waals surface area contributed by atoms with Crippen LogP contribution in [0.25, 0.3) is 5.69 Å². The highest BCUT2D eigenvalue weighted by Crippen LogP contribution is 2.16. The third-order valence-electron chi connectivity index (χ3n) is 3.24. The number of aliphatic imine (C=N–C) groups is 1. The Morgan fingerprint density at radius 3 is 2.57 bits per heavy atom. The molecule has 0 saturated heterocycles. The van der Waals surface area contributed by atoms with Crippen LogP contribution in [0.1, 0.15) is 11.3 Å². The summed E-state index contributed by atoms with van der Waals surface area (Å²) in [5.41, 5.74) is 3.84. The fourth-order valence-electron chi connectivity index (χ4n) is 2.24. The van der Waals surface area contributed by atoms with E-state index in [4.69, 9.17) is 0 Å². The third kappa shape index (κ3) is 3.08. The first-order valence-electron chi connectivity index (χ1n) is 6.76. The summed E-state index contributed by atoms with van der Waals surface area (Å²) in [6, 6.07) is 18.4. The van der Waals surface area contributed by atoms with Gasteiger partial charge in [-0.05, 0) is 43.3 Å². The molecule has 0 aliphatic heterocycles. The topological polar surface area (TPSA) is 17.3 Å². The highest BCUT2D eigenvalue weighted by molar-refractivity contribution is 5.82. The number of rotatable bonds is 3. The Morgan fingerprint density at radius 2 is 1.81 bits per heavy atom. The molecule has 3 heteroatoms.